The first-order chi connectivity index (χ1) is 33.9. The number of phenolic OH excluding ortho intramolecular Hbond substituents is 2. The molecule has 13 nitrogen and oxygen atoms in total. The molecule has 0 aliphatic carbocycles. The van der Waals surface area contributed by atoms with Crippen LogP contribution in [0.4, 0.5) is 11.4 Å². The van der Waals surface area contributed by atoms with Crippen molar-refractivity contribution in [1.29, 1.82) is 0 Å². The average molecular weight is 947 g/mol. The van der Waals surface area contributed by atoms with Gasteiger partial charge in [0.15, 0.2) is 0 Å². The fraction of sp³-hybridized carbons (Fsp3) is 0.333. The Bertz CT molecular complexity index is 2880. The van der Waals surface area contributed by atoms with Gasteiger partial charge in [-0.25, -0.2) is 9.80 Å². The maximum Gasteiger partial charge on any atom is 0.266 e. The number of fused-ring (bicyclic) bond motifs is 3. The number of phenols is 2. The first kappa shape index (κ1) is 50.3. The molecule has 0 aromatic heterocycles. The number of hydrogen-bond acceptors (Lipinski definition) is 9. The molecule has 364 valence electrons. The van der Waals surface area contributed by atoms with Crippen LogP contribution in [0.25, 0.3) is 21.5 Å². The summed E-state index contributed by atoms with van der Waals surface area (Å²) in [5, 5.41) is 29.2. The normalized spacial score (nSPS) is 13.2. The Balaban J connectivity index is 0.000000208. The topological polar surface area (TPSA) is 183 Å². The van der Waals surface area contributed by atoms with Gasteiger partial charge in [-0.3, -0.25) is 28.8 Å². The van der Waals surface area contributed by atoms with E-state index in [1.165, 1.54) is 57.1 Å². The first-order valence-corrected chi connectivity index (χ1v) is 24.5. The van der Waals surface area contributed by atoms with E-state index < -0.39 is 23.6 Å². The predicted molar refractivity (Wildman–Crippen MR) is 273 cm³/mol. The molecule has 2 aliphatic rings. The Kier molecular flexibility index (Phi) is 17.0. The van der Waals surface area contributed by atoms with Crippen molar-refractivity contribution in [2.75, 3.05) is 29.5 Å². The molecule has 0 atom stereocenters. The van der Waals surface area contributed by atoms with Gasteiger partial charge in [-0.2, -0.15) is 0 Å². The zero-order valence-electron chi connectivity index (χ0n) is 40.3. The van der Waals surface area contributed by atoms with Crippen molar-refractivity contribution in [1.82, 2.24) is 10.6 Å². The van der Waals surface area contributed by atoms with Gasteiger partial charge >= 0.3 is 0 Å². The molecule has 6 amide bonds. The standard InChI is InChI=1S/C30H26N2O5.C27H36N2O4/c1-18-12-13-26(19(2)16-18)37-15-7-14-31-28(34)24-17-25(20-8-3-4-9-21(20)27(24)33)32-29(35)22-10-5-6-11-23(22)30(32)36;1-2-3-4-5-6-7-8-9-10-13-18-28-27(33)22-19-23(29-24(30)16-17-25(29)31)20-14-11-12-15-21(20)26(22)32/h3-6,8-13,16-17,33H,7,14-15H2,1-2H3,(H,31,34);11-12,14-15,19,32H,2-10,13,16-18H2,1H3,(H,28,33). The minimum Gasteiger partial charge on any atom is -0.506 e. The highest BCUT2D eigenvalue weighted by molar-refractivity contribution is 6.36. The van der Waals surface area contributed by atoms with Crippen LogP contribution >= 0.6 is 0 Å². The predicted octanol–water partition coefficient (Wildman–Crippen LogP) is 11.0. The van der Waals surface area contributed by atoms with Crippen LogP contribution in [0.1, 0.15) is 143 Å². The second-order valence-corrected chi connectivity index (χ2v) is 18.0. The molecule has 1 fully saturated rings. The van der Waals surface area contributed by atoms with Crippen LogP contribution in [0.15, 0.2) is 103 Å². The number of nitrogens with one attached hydrogen (secondary N) is 2. The van der Waals surface area contributed by atoms with Gasteiger partial charge in [0.1, 0.15) is 17.2 Å². The molecule has 0 radical (unpaired) electrons. The number of unbranched alkanes of at least 4 members (excludes halogenated alkanes) is 9. The van der Waals surface area contributed by atoms with E-state index in [0.717, 1.165) is 45.9 Å². The van der Waals surface area contributed by atoms with E-state index in [0.29, 0.717) is 64.5 Å². The molecule has 1 saturated heterocycles. The van der Waals surface area contributed by atoms with Crippen LogP contribution in [0.3, 0.4) is 0 Å². The third-order valence-corrected chi connectivity index (χ3v) is 12.8. The number of carbonyl (C=O) groups is 6. The quantitative estimate of drug-likeness (QED) is 0.0427. The highest BCUT2D eigenvalue weighted by atomic mass is 16.5. The third kappa shape index (κ3) is 11.5. The zero-order valence-corrected chi connectivity index (χ0v) is 40.3. The van der Waals surface area contributed by atoms with Crippen molar-refractivity contribution >= 4 is 68.4 Å². The Hall–Kier alpha value is -7.54. The Labute approximate surface area is 408 Å². The number of ether oxygens (including phenoxy) is 1. The molecule has 0 saturated carbocycles. The SMILES string of the molecule is CCCCCCCCCCCCNC(=O)c1cc(N2C(=O)CCC2=O)c2ccccc2c1O.Cc1ccc(OCCCNC(=O)c2cc(N3C(=O)c4ccccc4C3=O)c3ccccc3c2O)c(C)c1. The maximum absolute atomic E-state index is 13.1. The number of benzene rings is 6. The molecule has 2 heterocycles. The molecule has 2 aliphatic heterocycles. The number of rotatable bonds is 20. The van der Waals surface area contributed by atoms with Gasteiger partial charge in [0, 0.05) is 47.5 Å². The van der Waals surface area contributed by atoms with Crippen LogP contribution in [-0.2, 0) is 9.59 Å². The third-order valence-electron chi connectivity index (χ3n) is 12.8. The molecule has 70 heavy (non-hydrogen) atoms. The summed E-state index contributed by atoms with van der Waals surface area (Å²) in [7, 11) is 0. The molecule has 0 spiro atoms. The minimum atomic E-state index is -0.507. The summed E-state index contributed by atoms with van der Waals surface area (Å²) in [5.41, 5.74) is 3.50. The lowest BCUT2D eigenvalue weighted by molar-refractivity contribution is -0.121. The van der Waals surface area contributed by atoms with Gasteiger partial charge < -0.3 is 25.6 Å². The number of aryl methyl sites for hydroxylation is 2. The molecule has 13 heteroatoms. The van der Waals surface area contributed by atoms with Crippen molar-refractivity contribution in [2.45, 2.75) is 104 Å². The van der Waals surface area contributed by atoms with E-state index in [9.17, 15) is 39.0 Å². The Morgan fingerprint density at radius 2 is 0.986 bits per heavy atom. The fourth-order valence-electron chi connectivity index (χ4n) is 9.07. The van der Waals surface area contributed by atoms with Crippen LogP contribution in [0.2, 0.25) is 0 Å². The van der Waals surface area contributed by atoms with Crippen molar-refractivity contribution in [3.05, 3.63) is 137 Å². The summed E-state index contributed by atoms with van der Waals surface area (Å²) in [4.78, 5) is 79.1. The summed E-state index contributed by atoms with van der Waals surface area (Å²) in [6.45, 7) is 7.49. The summed E-state index contributed by atoms with van der Waals surface area (Å²) >= 11 is 0. The second kappa shape index (κ2) is 23.7. The van der Waals surface area contributed by atoms with E-state index in [1.54, 1.807) is 72.8 Å². The smallest absolute Gasteiger partial charge is 0.266 e. The number of carbonyl (C=O) groups excluding carboxylic acids is 6. The molecule has 0 unspecified atom stereocenters. The summed E-state index contributed by atoms with van der Waals surface area (Å²) in [6.07, 6.45) is 13.1. The summed E-state index contributed by atoms with van der Waals surface area (Å²) in [6, 6.07) is 29.2. The van der Waals surface area contributed by atoms with E-state index in [2.05, 4.69) is 17.6 Å². The van der Waals surface area contributed by atoms with Crippen molar-refractivity contribution in [2.24, 2.45) is 0 Å². The van der Waals surface area contributed by atoms with Crippen molar-refractivity contribution in [3.63, 3.8) is 0 Å². The minimum absolute atomic E-state index is 0.0134. The van der Waals surface area contributed by atoms with Gasteiger partial charge in [0.25, 0.3) is 23.6 Å². The van der Waals surface area contributed by atoms with Gasteiger partial charge in [-0.1, -0.05) is 143 Å². The van der Waals surface area contributed by atoms with Gasteiger partial charge in [0.05, 0.1) is 40.2 Å². The number of hydrogen-bond donors (Lipinski definition) is 4. The molecule has 0 bridgehead atoms. The van der Waals surface area contributed by atoms with Crippen LogP contribution in [0, 0.1) is 13.8 Å². The Morgan fingerprint density at radius 3 is 1.49 bits per heavy atom. The molecule has 8 rings (SSSR count). The van der Waals surface area contributed by atoms with Crippen LogP contribution < -0.4 is 25.2 Å². The fourth-order valence-corrected chi connectivity index (χ4v) is 9.07. The van der Waals surface area contributed by atoms with E-state index in [1.807, 2.05) is 32.0 Å². The van der Waals surface area contributed by atoms with Gasteiger partial charge in [-0.15, -0.1) is 0 Å². The Morgan fingerprint density at radius 1 is 0.543 bits per heavy atom. The van der Waals surface area contributed by atoms with E-state index in [4.69, 9.17) is 4.74 Å². The summed E-state index contributed by atoms with van der Waals surface area (Å²) in [5.74, 6) is -1.94. The number of aromatic hydroxyl groups is 2. The number of anilines is 2. The largest absolute Gasteiger partial charge is 0.506 e. The lowest BCUT2D eigenvalue weighted by atomic mass is 10.0. The number of imide groups is 2. The van der Waals surface area contributed by atoms with E-state index >= 15 is 0 Å². The second-order valence-electron chi connectivity index (χ2n) is 18.0. The first-order valence-electron chi connectivity index (χ1n) is 24.5. The highest BCUT2D eigenvalue weighted by Gasteiger charge is 2.38. The molecular formula is C57H62N4O9. The summed E-state index contributed by atoms with van der Waals surface area (Å²) < 4.78 is 5.82. The monoisotopic (exact) mass is 946 g/mol. The maximum atomic E-state index is 13.1. The van der Waals surface area contributed by atoms with Crippen LogP contribution in [0.5, 0.6) is 17.2 Å². The highest BCUT2D eigenvalue weighted by Crippen LogP contribution is 2.41. The molecule has 6 aromatic carbocycles. The lowest BCUT2D eigenvalue weighted by Gasteiger charge is -2.19. The molecular weight excluding hydrogens is 885 g/mol. The lowest BCUT2D eigenvalue weighted by Crippen LogP contribution is -2.30. The van der Waals surface area contributed by atoms with E-state index in [-0.39, 0.29) is 53.0 Å². The molecule has 6 aromatic rings. The van der Waals surface area contributed by atoms with Crippen LogP contribution in [-0.4, -0.2) is 65.4 Å². The zero-order chi connectivity index (χ0) is 49.7. The van der Waals surface area contributed by atoms with Crippen molar-refractivity contribution in [3.8, 4) is 17.2 Å². The average Bonchev–Trinajstić information content (AvgIpc) is 3.83. The molecule has 4 N–H and O–H groups in total. The number of nitrogens with zero attached hydrogens (tertiary/aromatic N) is 2. The number of amides is 6. The van der Waals surface area contributed by atoms with Gasteiger partial charge in [-0.05, 0) is 62.6 Å². The van der Waals surface area contributed by atoms with Gasteiger partial charge in [0.2, 0.25) is 11.8 Å². The van der Waals surface area contributed by atoms with Crippen molar-refractivity contribution < 1.29 is 43.7 Å².